The molecule has 4 rings (SSSR count). The topological polar surface area (TPSA) is 80.9 Å². The summed E-state index contributed by atoms with van der Waals surface area (Å²) in [6.45, 7) is 3.99. The fourth-order valence-electron chi connectivity index (χ4n) is 3.40. The van der Waals surface area contributed by atoms with Gasteiger partial charge in [-0.25, -0.2) is 9.97 Å². The third kappa shape index (κ3) is 2.98. The molecule has 0 bridgehead atoms. The summed E-state index contributed by atoms with van der Waals surface area (Å²) < 4.78 is 0. The fourth-order valence-corrected chi connectivity index (χ4v) is 4.40. The van der Waals surface area contributed by atoms with Crippen molar-refractivity contribution in [3.8, 4) is 0 Å². The molecule has 6 heteroatoms. The van der Waals surface area contributed by atoms with E-state index in [1.165, 1.54) is 28.0 Å². The maximum absolute atomic E-state index is 12.7. The van der Waals surface area contributed by atoms with Crippen LogP contribution in [0, 0.1) is 13.8 Å². The molecule has 1 aliphatic carbocycles. The van der Waals surface area contributed by atoms with E-state index in [2.05, 4.69) is 40.4 Å². The molecule has 0 spiro atoms. The predicted molar refractivity (Wildman–Crippen MR) is 101 cm³/mol. The number of carbonyl (C=O) groups excluding carboxylic acids is 1. The van der Waals surface area contributed by atoms with Crippen LogP contribution >= 0.6 is 11.3 Å². The minimum atomic E-state index is -0.125. The highest BCUT2D eigenvalue weighted by Crippen LogP contribution is 2.31. The third-order valence-electron chi connectivity index (χ3n) is 4.69. The van der Waals surface area contributed by atoms with Gasteiger partial charge in [-0.15, -0.1) is 11.3 Å². The number of rotatable bonds is 2. The lowest BCUT2D eigenvalue weighted by Gasteiger charge is -2.25. The van der Waals surface area contributed by atoms with Crippen molar-refractivity contribution in [1.82, 2.24) is 15.3 Å². The number of nitrogen functional groups attached to an aromatic ring is 1. The number of thiophene rings is 1. The Morgan fingerprint density at radius 1 is 1.32 bits per heavy atom. The Morgan fingerprint density at radius 3 is 3.00 bits per heavy atom. The van der Waals surface area contributed by atoms with Gasteiger partial charge in [-0.2, -0.15) is 0 Å². The molecule has 1 aromatic carbocycles. The summed E-state index contributed by atoms with van der Waals surface area (Å²) in [7, 11) is 0. The lowest BCUT2D eigenvalue weighted by atomic mass is 9.87. The van der Waals surface area contributed by atoms with Crippen molar-refractivity contribution in [2.45, 2.75) is 39.2 Å². The first-order chi connectivity index (χ1) is 12.0. The van der Waals surface area contributed by atoms with Gasteiger partial charge in [-0.3, -0.25) is 4.79 Å². The van der Waals surface area contributed by atoms with E-state index in [0.717, 1.165) is 25.0 Å². The van der Waals surface area contributed by atoms with Crippen LogP contribution in [0.1, 0.15) is 38.5 Å². The molecule has 3 N–H and O–H groups in total. The van der Waals surface area contributed by atoms with Crippen LogP contribution in [0.4, 0.5) is 5.69 Å². The van der Waals surface area contributed by atoms with Crippen molar-refractivity contribution in [3.05, 3.63) is 51.7 Å². The highest BCUT2D eigenvalue weighted by molar-refractivity contribution is 7.21. The van der Waals surface area contributed by atoms with Gasteiger partial charge in [0.15, 0.2) is 0 Å². The second-order valence-corrected chi connectivity index (χ2v) is 7.69. The molecule has 2 aromatic heterocycles. The van der Waals surface area contributed by atoms with E-state index in [9.17, 15) is 4.79 Å². The first kappa shape index (κ1) is 16.0. The first-order valence-electron chi connectivity index (χ1n) is 8.42. The number of hydrogen-bond acceptors (Lipinski definition) is 5. The molecule has 1 aliphatic rings. The van der Waals surface area contributed by atoms with E-state index in [1.807, 2.05) is 6.92 Å². The van der Waals surface area contributed by atoms with Gasteiger partial charge in [0.1, 0.15) is 15.2 Å². The van der Waals surface area contributed by atoms with Crippen molar-refractivity contribution in [2.75, 3.05) is 5.73 Å². The molecule has 0 saturated heterocycles. The summed E-state index contributed by atoms with van der Waals surface area (Å²) in [5.74, 6) is -0.125. The summed E-state index contributed by atoms with van der Waals surface area (Å²) in [5.41, 5.74) is 12.0. The van der Waals surface area contributed by atoms with Gasteiger partial charge < -0.3 is 11.1 Å². The van der Waals surface area contributed by atoms with Crippen LogP contribution in [0.15, 0.2) is 24.4 Å². The number of hydrogen-bond donors (Lipinski definition) is 2. The van der Waals surface area contributed by atoms with Gasteiger partial charge >= 0.3 is 0 Å². The second-order valence-electron chi connectivity index (χ2n) is 6.70. The van der Waals surface area contributed by atoms with Crippen molar-refractivity contribution in [3.63, 3.8) is 0 Å². The summed E-state index contributed by atoms with van der Waals surface area (Å²) in [4.78, 5) is 22.7. The number of nitrogens with zero attached hydrogens (tertiary/aromatic N) is 2. The Bertz CT molecular complexity index is 979. The number of aromatic nitrogens is 2. The molecule has 1 atom stereocenters. The van der Waals surface area contributed by atoms with E-state index in [4.69, 9.17) is 5.73 Å². The molecule has 0 aliphatic heterocycles. The molecule has 128 valence electrons. The Labute approximate surface area is 150 Å². The summed E-state index contributed by atoms with van der Waals surface area (Å²) in [6.07, 6.45) is 4.48. The molecule has 1 amide bonds. The predicted octanol–water partition coefficient (Wildman–Crippen LogP) is 3.18. The van der Waals surface area contributed by atoms with Gasteiger partial charge in [-0.1, -0.05) is 23.8 Å². The van der Waals surface area contributed by atoms with Gasteiger partial charge in [0.2, 0.25) is 0 Å². The quantitative estimate of drug-likeness (QED) is 0.742. The number of benzene rings is 1. The van der Waals surface area contributed by atoms with Crippen LogP contribution in [0.25, 0.3) is 10.3 Å². The van der Waals surface area contributed by atoms with Crippen LogP contribution in [0.3, 0.4) is 0 Å². The van der Waals surface area contributed by atoms with E-state index >= 15 is 0 Å². The van der Waals surface area contributed by atoms with E-state index in [0.29, 0.717) is 20.9 Å². The SMILES string of the molecule is Cc1ccc2c(c1)CC[C@@H](NC(=O)c1sc3nc(C)cnc3c1N)C2. The van der Waals surface area contributed by atoms with Crippen LogP contribution in [0.2, 0.25) is 0 Å². The van der Waals surface area contributed by atoms with E-state index in [-0.39, 0.29) is 11.9 Å². The van der Waals surface area contributed by atoms with Crippen molar-refractivity contribution in [1.29, 1.82) is 0 Å². The number of anilines is 1. The average Bonchev–Trinajstić information content (AvgIpc) is 2.91. The van der Waals surface area contributed by atoms with Crippen molar-refractivity contribution < 1.29 is 4.79 Å². The third-order valence-corrected chi connectivity index (χ3v) is 5.78. The molecule has 2 heterocycles. The summed E-state index contributed by atoms with van der Waals surface area (Å²) in [5, 5.41) is 3.14. The summed E-state index contributed by atoms with van der Waals surface area (Å²) in [6, 6.07) is 6.69. The smallest absolute Gasteiger partial charge is 0.263 e. The largest absolute Gasteiger partial charge is 0.396 e. The molecule has 0 radical (unpaired) electrons. The van der Waals surface area contributed by atoms with Crippen LogP contribution in [0.5, 0.6) is 0 Å². The maximum atomic E-state index is 12.7. The van der Waals surface area contributed by atoms with Gasteiger partial charge in [0, 0.05) is 12.2 Å². The van der Waals surface area contributed by atoms with E-state index < -0.39 is 0 Å². The monoisotopic (exact) mass is 352 g/mol. The molecule has 0 fully saturated rings. The number of fused-ring (bicyclic) bond motifs is 2. The van der Waals surface area contributed by atoms with Gasteiger partial charge in [-0.05, 0) is 44.2 Å². The zero-order valence-electron chi connectivity index (χ0n) is 14.3. The molecule has 5 nitrogen and oxygen atoms in total. The van der Waals surface area contributed by atoms with Gasteiger partial charge in [0.05, 0.1) is 11.4 Å². The van der Waals surface area contributed by atoms with Crippen LogP contribution in [-0.2, 0) is 12.8 Å². The molecule has 0 saturated carbocycles. The Morgan fingerprint density at radius 2 is 2.16 bits per heavy atom. The number of carbonyl (C=O) groups is 1. The molecular weight excluding hydrogens is 332 g/mol. The Kier molecular flexibility index (Phi) is 3.92. The second kappa shape index (κ2) is 6.11. The van der Waals surface area contributed by atoms with Gasteiger partial charge in [0.25, 0.3) is 5.91 Å². The maximum Gasteiger partial charge on any atom is 0.263 e. The average molecular weight is 352 g/mol. The lowest BCUT2D eigenvalue weighted by molar-refractivity contribution is 0.0938. The normalized spacial score (nSPS) is 16.6. The first-order valence-corrected chi connectivity index (χ1v) is 9.24. The Hall–Kier alpha value is -2.47. The van der Waals surface area contributed by atoms with Crippen molar-refractivity contribution >= 4 is 33.3 Å². The minimum absolute atomic E-state index is 0.125. The minimum Gasteiger partial charge on any atom is -0.396 e. The number of amides is 1. The van der Waals surface area contributed by atoms with Crippen LogP contribution in [-0.4, -0.2) is 21.9 Å². The highest BCUT2D eigenvalue weighted by Gasteiger charge is 2.24. The fraction of sp³-hybridized carbons (Fsp3) is 0.316. The number of nitrogens with one attached hydrogen (secondary N) is 1. The number of nitrogens with two attached hydrogens (primary N) is 1. The zero-order chi connectivity index (χ0) is 17.6. The Balaban J connectivity index is 1.55. The molecule has 0 unspecified atom stereocenters. The molecule has 3 aromatic rings. The summed E-state index contributed by atoms with van der Waals surface area (Å²) >= 11 is 1.31. The standard InChI is InChI=1S/C19H20N4OS/c1-10-3-4-13-8-14(6-5-12(13)7-10)23-18(24)17-15(20)16-19(25-17)22-11(2)9-21-16/h3-4,7,9,14H,5-6,8,20H2,1-2H3,(H,23,24)/t14-/m1/s1. The van der Waals surface area contributed by atoms with E-state index in [1.54, 1.807) is 6.20 Å². The number of aryl methyl sites for hydroxylation is 3. The lowest BCUT2D eigenvalue weighted by Crippen LogP contribution is -2.38. The van der Waals surface area contributed by atoms with Crippen LogP contribution < -0.4 is 11.1 Å². The van der Waals surface area contributed by atoms with Crippen molar-refractivity contribution in [2.24, 2.45) is 0 Å². The molecule has 25 heavy (non-hydrogen) atoms. The zero-order valence-corrected chi connectivity index (χ0v) is 15.1. The highest BCUT2D eigenvalue weighted by atomic mass is 32.1. The molecular formula is C19H20N4OS.